The molecule has 7 heteroatoms. The lowest BCUT2D eigenvalue weighted by Gasteiger charge is -2.14. The summed E-state index contributed by atoms with van der Waals surface area (Å²) < 4.78 is 15.1. The van der Waals surface area contributed by atoms with Crippen molar-refractivity contribution < 1.29 is 23.8 Å². The normalized spacial score (nSPS) is 18.9. The van der Waals surface area contributed by atoms with Gasteiger partial charge in [0.25, 0.3) is 0 Å². The molecule has 7 nitrogen and oxygen atoms in total. The van der Waals surface area contributed by atoms with E-state index in [1.165, 1.54) is 14.2 Å². The summed E-state index contributed by atoms with van der Waals surface area (Å²) >= 11 is 0. The molecule has 1 fully saturated rings. The van der Waals surface area contributed by atoms with E-state index in [2.05, 4.69) is 10.6 Å². The molecule has 18 heavy (non-hydrogen) atoms. The fraction of sp³-hybridized carbons (Fsp3) is 0.818. The van der Waals surface area contributed by atoms with Crippen molar-refractivity contribution in [3.8, 4) is 0 Å². The van der Waals surface area contributed by atoms with Gasteiger partial charge in [-0.25, -0.2) is 0 Å². The predicted molar refractivity (Wildman–Crippen MR) is 62.8 cm³/mol. The number of nitrogens with one attached hydrogen (secondary N) is 2. The number of hydrogen-bond donors (Lipinski definition) is 2. The van der Waals surface area contributed by atoms with E-state index in [9.17, 15) is 9.59 Å². The van der Waals surface area contributed by atoms with Crippen LogP contribution in [-0.2, 0) is 23.8 Å². The third-order valence-electron chi connectivity index (χ3n) is 2.68. The Kier molecular flexibility index (Phi) is 6.63. The minimum absolute atomic E-state index is 0.0208. The second kappa shape index (κ2) is 8.02. The molecule has 1 aliphatic rings. The van der Waals surface area contributed by atoms with Gasteiger partial charge in [0.05, 0.1) is 12.6 Å². The van der Waals surface area contributed by atoms with Crippen molar-refractivity contribution in [1.82, 2.24) is 10.6 Å². The van der Waals surface area contributed by atoms with E-state index in [0.29, 0.717) is 6.54 Å². The first kappa shape index (κ1) is 14.9. The van der Waals surface area contributed by atoms with E-state index in [1.807, 2.05) is 0 Å². The highest BCUT2D eigenvalue weighted by Gasteiger charge is 2.19. The third kappa shape index (κ3) is 4.99. The number of hydrogen-bond acceptors (Lipinski definition) is 5. The van der Waals surface area contributed by atoms with Gasteiger partial charge in [0, 0.05) is 27.4 Å². The van der Waals surface area contributed by atoms with Crippen LogP contribution in [0.5, 0.6) is 0 Å². The lowest BCUT2D eigenvalue weighted by molar-refractivity contribution is -0.142. The monoisotopic (exact) mass is 260 g/mol. The Labute approximate surface area is 106 Å². The second-order valence-corrected chi connectivity index (χ2v) is 3.96. The van der Waals surface area contributed by atoms with Crippen LogP contribution in [0, 0.1) is 0 Å². The van der Waals surface area contributed by atoms with Crippen LogP contribution in [0.25, 0.3) is 0 Å². The van der Waals surface area contributed by atoms with Crippen LogP contribution in [0.4, 0.5) is 0 Å². The molecule has 2 amide bonds. The van der Waals surface area contributed by atoms with Crippen LogP contribution in [0.1, 0.15) is 12.8 Å². The molecule has 0 spiro atoms. The van der Waals surface area contributed by atoms with Gasteiger partial charge in [-0.05, 0) is 12.8 Å². The van der Waals surface area contributed by atoms with Crippen molar-refractivity contribution in [3.63, 3.8) is 0 Å². The molecule has 0 bridgehead atoms. The molecular weight excluding hydrogens is 240 g/mol. The van der Waals surface area contributed by atoms with Gasteiger partial charge in [0.15, 0.2) is 6.29 Å². The maximum Gasteiger partial charge on any atom is 0.309 e. The van der Waals surface area contributed by atoms with Crippen molar-refractivity contribution >= 4 is 11.8 Å². The largest absolute Gasteiger partial charge is 0.376 e. The first-order valence-electron chi connectivity index (χ1n) is 5.90. The summed E-state index contributed by atoms with van der Waals surface area (Å²) in [6, 6.07) is 0. The molecule has 1 heterocycles. The Morgan fingerprint density at radius 1 is 1.28 bits per heavy atom. The van der Waals surface area contributed by atoms with E-state index in [1.54, 1.807) is 0 Å². The highest BCUT2D eigenvalue weighted by Crippen LogP contribution is 2.10. The smallest absolute Gasteiger partial charge is 0.309 e. The predicted octanol–water partition coefficient (Wildman–Crippen LogP) is -0.983. The van der Waals surface area contributed by atoms with Crippen LogP contribution in [0.3, 0.4) is 0 Å². The van der Waals surface area contributed by atoms with Gasteiger partial charge in [-0.15, -0.1) is 0 Å². The zero-order valence-corrected chi connectivity index (χ0v) is 10.7. The standard InChI is InChI=1S/C11H20N2O5/c1-16-9(17-2)7-13-11(15)10(14)12-6-8-4-3-5-18-8/h8-9H,3-7H2,1-2H3,(H,12,14)(H,13,15). The van der Waals surface area contributed by atoms with Crippen molar-refractivity contribution in [2.45, 2.75) is 25.2 Å². The molecule has 104 valence electrons. The summed E-state index contributed by atoms with van der Waals surface area (Å²) in [5.41, 5.74) is 0. The zero-order chi connectivity index (χ0) is 13.4. The van der Waals surface area contributed by atoms with Gasteiger partial charge >= 0.3 is 11.8 Å². The average molecular weight is 260 g/mol. The maximum atomic E-state index is 11.4. The molecule has 1 saturated heterocycles. The lowest BCUT2D eigenvalue weighted by Crippen LogP contribution is -2.45. The average Bonchev–Trinajstić information content (AvgIpc) is 2.90. The Balaban J connectivity index is 2.17. The van der Waals surface area contributed by atoms with Gasteiger partial charge in [-0.2, -0.15) is 0 Å². The van der Waals surface area contributed by atoms with Gasteiger partial charge in [-0.3, -0.25) is 9.59 Å². The molecule has 2 N–H and O–H groups in total. The fourth-order valence-corrected chi connectivity index (χ4v) is 1.61. The van der Waals surface area contributed by atoms with Crippen LogP contribution < -0.4 is 10.6 Å². The minimum atomic E-state index is -0.702. The Bertz CT molecular complexity index is 259. The van der Waals surface area contributed by atoms with Crippen molar-refractivity contribution in [1.29, 1.82) is 0 Å². The van der Waals surface area contributed by atoms with Gasteiger partial charge in [-0.1, -0.05) is 0 Å². The van der Waals surface area contributed by atoms with E-state index >= 15 is 0 Å². The van der Waals surface area contributed by atoms with E-state index < -0.39 is 18.1 Å². The van der Waals surface area contributed by atoms with Crippen molar-refractivity contribution in [2.24, 2.45) is 0 Å². The SMILES string of the molecule is COC(CNC(=O)C(=O)NCC1CCCO1)OC. The van der Waals surface area contributed by atoms with Crippen LogP contribution in [0.15, 0.2) is 0 Å². The summed E-state index contributed by atoms with van der Waals surface area (Å²) in [4.78, 5) is 22.8. The van der Waals surface area contributed by atoms with Crippen molar-refractivity contribution in [3.05, 3.63) is 0 Å². The first-order chi connectivity index (χ1) is 8.67. The number of rotatable bonds is 6. The van der Waals surface area contributed by atoms with E-state index in [0.717, 1.165) is 19.4 Å². The summed E-state index contributed by atoms with van der Waals surface area (Å²) in [6.07, 6.45) is 1.38. The Morgan fingerprint density at radius 2 is 1.94 bits per heavy atom. The van der Waals surface area contributed by atoms with Gasteiger partial charge in [0.2, 0.25) is 0 Å². The second-order valence-electron chi connectivity index (χ2n) is 3.96. The maximum absolute atomic E-state index is 11.4. The first-order valence-corrected chi connectivity index (χ1v) is 5.90. The molecule has 1 rings (SSSR count). The molecule has 0 aromatic carbocycles. The highest BCUT2D eigenvalue weighted by molar-refractivity contribution is 6.35. The summed E-state index contributed by atoms with van der Waals surface area (Å²) in [6.45, 7) is 1.21. The topological polar surface area (TPSA) is 85.9 Å². The number of carbonyl (C=O) groups excluding carboxylic acids is 2. The molecular formula is C11H20N2O5. The quantitative estimate of drug-likeness (QED) is 0.473. The van der Waals surface area contributed by atoms with Crippen molar-refractivity contribution in [2.75, 3.05) is 33.9 Å². The Morgan fingerprint density at radius 3 is 2.50 bits per heavy atom. The zero-order valence-electron chi connectivity index (χ0n) is 10.7. The fourth-order valence-electron chi connectivity index (χ4n) is 1.61. The Hall–Kier alpha value is -1.18. The summed E-state index contributed by atoms with van der Waals surface area (Å²) in [7, 11) is 2.91. The molecule has 0 aromatic heterocycles. The van der Waals surface area contributed by atoms with Gasteiger partial charge in [0.1, 0.15) is 0 Å². The van der Waals surface area contributed by atoms with E-state index in [4.69, 9.17) is 14.2 Å². The van der Waals surface area contributed by atoms with E-state index in [-0.39, 0.29) is 12.6 Å². The number of amides is 2. The summed E-state index contributed by atoms with van der Waals surface area (Å²) in [5, 5.41) is 4.94. The number of methoxy groups -OCH3 is 2. The third-order valence-corrected chi connectivity index (χ3v) is 2.68. The van der Waals surface area contributed by atoms with Crippen LogP contribution in [0.2, 0.25) is 0 Å². The molecule has 0 aliphatic carbocycles. The highest BCUT2D eigenvalue weighted by atomic mass is 16.7. The van der Waals surface area contributed by atoms with Crippen LogP contribution >= 0.6 is 0 Å². The molecule has 0 saturated carbocycles. The van der Waals surface area contributed by atoms with Crippen LogP contribution in [-0.4, -0.2) is 58.1 Å². The summed E-state index contributed by atoms with van der Waals surface area (Å²) in [5.74, 6) is -1.37. The molecule has 0 radical (unpaired) electrons. The molecule has 1 aliphatic heterocycles. The van der Waals surface area contributed by atoms with Gasteiger partial charge < -0.3 is 24.8 Å². The minimum Gasteiger partial charge on any atom is -0.376 e. The molecule has 0 aromatic rings. The number of ether oxygens (including phenoxy) is 3. The molecule has 1 unspecified atom stereocenters. The molecule has 1 atom stereocenters. The number of carbonyl (C=O) groups is 2. The lowest BCUT2D eigenvalue weighted by atomic mass is 10.2.